The maximum atomic E-state index is 13.3. The third-order valence-electron chi connectivity index (χ3n) is 5.00. The lowest BCUT2D eigenvalue weighted by molar-refractivity contribution is 0.0732. The summed E-state index contributed by atoms with van der Waals surface area (Å²) in [6.45, 7) is 2.96. The first-order valence-corrected chi connectivity index (χ1v) is 10.4. The minimum absolute atomic E-state index is 0.0548. The number of pyridine rings is 2. The standard InChI is InChI=1S/C22H18N6OS/c1-15-4-5-20-17(11-15)12-18(21-24-25-26-28(20)21)13-27(14-19-3-2-10-30-19)22(29)16-6-8-23-9-7-16/h2-12H,13-14H2,1H3. The average molecular weight is 414 g/mol. The average Bonchev–Trinajstić information content (AvgIpc) is 3.45. The second-order valence-corrected chi connectivity index (χ2v) is 8.15. The van der Waals surface area contributed by atoms with Crippen molar-refractivity contribution in [1.29, 1.82) is 0 Å². The smallest absolute Gasteiger partial charge is 0.254 e. The molecule has 0 fully saturated rings. The zero-order valence-corrected chi connectivity index (χ0v) is 17.1. The van der Waals surface area contributed by atoms with Gasteiger partial charge in [0, 0.05) is 33.8 Å². The second kappa shape index (κ2) is 7.64. The first kappa shape index (κ1) is 18.4. The molecule has 5 aromatic rings. The Kier molecular flexibility index (Phi) is 4.68. The molecule has 8 heteroatoms. The molecule has 7 nitrogen and oxygen atoms in total. The molecular formula is C22H18N6OS. The molecule has 1 aromatic carbocycles. The maximum absolute atomic E-state index is 13.3. The van der Waals surface area contributed by atoms with Crippen molar-refractivity contribution < 1.29 is 4.79 Å². The summed E-state index contributed by atoms with van der Waals surface area (Å²) in [4.78, 5) is 20.3. The van der Waals surface area contributed by atoms with E-state index in [0.29, 0.717) is 24.3 Å². The number of aromatic nitrogens is 5. The van der Waals surface area contributed by atoms with Gasteiger partial charge in [-0.3, -0.25) is 9.78 Å². The molecule has 148 valence electrons. The monoisotopic (exact) mass is 414 g/mol. The number of thiophene rings is 1. The van der Waals surface area contributed by atoms with Crippen LogP contribution in [0.4, 0.5) is 0 Å². The maximum Gasteiger partial charge on any atom is 0.254 e. The molecular weight excluding hydrogens is 396 g/mol. The molecule has 0 spiro atoms. The predicted octanol–water partition coefficient (Wildman–Crippen LogP) is 3.89. The Bertz CT molecular complexity index is 1330. The van der Waals surface area contributed by atoms with Crippen molar-refractivity contribution in [2.24, 2.45) is 0 Å². The van der Waals surface area contributed by atoms with E-state index in [1.807, 2.05) is 34.5 Å². The molecule has 0 saturated carbocycles. The van der Waals surface area contributed by atoms with Crippen LogP contribution in [0.2, 0.25) is 0 Å². The van der Waals surface area contributed by atoms with Gasteiger partial charge in [0.05, 0.1) is 18.6 Å². The molecule has 0 aliphatic rings. The Morgan fingerprint density at radius 2 is 1.97 bits per heavy atom. The van der Waals surface area contributed by atoms with Crippen LogP contribution in [0.5, 0.6) is 0 Å². The van der Waals surface area contributed by atoms with Gasteiger partial charge in [-0.25, -0.2) is 0 Å². The number of carbonyl (C=O) groups is 1. The van der Waals surface area contributed by atoms with E-state index in [1.54, 1.807) is 40.4 Å². The largest absolute Gasteiger partial charge is 0.329 e. The van der Waals surface area contributed by atoms with Crippen LogP contribution in [-0.2, 0) is 13.1 Å². The lowest BCUT2D eigenvalue weighted by atomic mass is 10.1. The van der Waals surface area contributed by atoms with Crippen LogP contribution >= 0.6 is 11.3 Å². The van der Waals surface area contributed by atoms with Gasteiger partial charge < -0.3 is 4.90 Å². The zero-order valence-electron chi connectivity index (χ0n) is 16.3. The first-order chi connectivity index (χ1) is 14.7. The highest BCUT2D eigenvalue weighted by atomic mass is 32.1. The van der Waals surface area contributed by atoms with Gasteiger partial charge in [-0.1, -0.05) is 17.7 Å². The summed E-state index contributed by atoms with van der Waals surface area (Å²) in [6, 6.07) is 15.7. The second-order valence-electron chi connectivity index (χ2n) is 7.12. The van der Waals surface area contributed by atoms with E-state index < -0.39 is 0 Å². The molecule has 0 atom stereocenters. The molecule has 30 heavy (non-hydrogen) atoms. The van der Waals surface area contributed by atoms with Gasteiger partial charge in [-0.05, 0) is 59.1 Å². The van der Waals surface area contributed by atoms with Crippen molar-refractivity contribution in [2.45, 2.75) is 20.0 Å². The minimum atomic E-state index is -0.0548. The fourth-order valence-electron chi connectivity index (χ4n) is 3.57. The van der Waals surface area contributed by atoms with E-state index in [9.17, 15) is 4.79 Å². The SMILES string of the molecule is Cc1ccc2c(c1)cc(CN(Cc1cccs1)C(=O)c1ccncc1)c1nnnn12. The van der Waals surface area contributed by atoms with Crippen molar-refractivity contribution in [2.75, 3.05) is 0 Å². The number of carbonyl (C=O) groups excluding carboxylic acids is 1. The van der Waals surface area contributed by atoms with Crippen LogP contribution in [-0.4, -0.2) is 35.8 Å². The van der Waals surface area contributed by atoms with Gasteiger partial charge in [0.25, 0.3) is 5.91 Å². The summed E-state index contributed by atoms with van der Waals surface area (Å²) >= 11 is 1.63. The fourth-order valence-corrected chi connectivity index (χ4v) is 4.29. The van der Waals surface area contributed by atoms with Crippen LogP contribution in [0.15, 0.2) is 66.3 Å². The number of benzene rings is 1. The lowest BCUT2D eigenvalue weighted by Gasteiger charge is -2.23. The van der Waals surface area contributed by atoms with Crippen LogP contribution < -0.4 is 0 Å². The Balaban J connectivity index is 1.59. The Morgan fingerprint density at radius 1 is 1.10 bits per heavy atom. The third-order valence-corrected chi connectivity index (χ3v) is 5.86. The van der Waals surface area contributed by atoms with E-state index in [1.165, 1.54) is 0 Å². The van der Waals surface area contributed by atoms with Gasteiger partial charge in [0.2, 0.25) is 0 Å². The molecule has 0 radical (unpaired) electrons. The number of tetrazole rings is 1. The van der Waals surface area contributed by atoms with Crippen LogP contribution in [0.25, 0.3) is 16.6 Å². The van der Waals surface area contributed by atoms with Gasteiger partial charge >= 0.3 is 0 Å². The lowest BCUT2D eigenvalue weighted by Crippen LogP contribution is -2.30. The Morgan fingerprint density at radius 3 is 2.77 bits per heavy atom. The molecule has 5 rings (SSSR count). The van der Waals surface area contributed by atoms with Crippen LogP contribution in [0, 0.1) is 6.92 Å². The zero-order chi connectivity index (χ0) is 20.5. The third kappa shape index (κ3) is 3.42. The summed E-state index contributed by atoms with van der Waals surface area (Å²) < 4.78 is 1.74. The van der Waals surface area contributed by atoms with Gasteiger partial charge in [-0.15, -0.1) is 16.4 Å². The summed E-state index contributed by atoms with van der Waals surface area (Å²) in [5.74, 6) is -0.0548. The van der Waals surface area contributed by atoms with Crippen molar-refractivity contribution in [1.82, 2.24) is 29.9 Å². The molecule has 0 unspecified atom stereocenters. The number of aryl methyl sites for hydroxylation is 1. The molecule has 0 aliphatic carbocycles. The highest BCUT2D eigenvalue weighted by Gasteiger charge is 2.20. The fraction of sp³-hybridized carbons (Fsp3) is 0.136. The van der Waals surface area contributed by atoms with Crippen molar-refractivity contribution in [3.63, 3.8) is 0 Å². The van der Waals surface area contributed by atoms with Crippen molar-refractivity contribution in [3.8, 4) is 0 Å². The summed E-state index contributed by atoms with van der Waals surface area (Å²) in [5, 5.41) is 15.3. The highest BCUT2D eigenvalue weighted by molar-refractivity contribution is 7.09. The normalized spacial score (nSPS) is 11.2. The number of amides is 1. The molecule has 0 saturated heterocycles. The molecule has 1 amide bonds. The minimum Gasteiger partial charge on any atom is -0.329 e. The molecule has 0 aliphatic heterocycles. The number of fused-ring (bicyclic) bond motifs is 3. The number of nitrogens with zero attached hydrogens (tertiary/aromatic N) is 6. The van der Waals surface area contributed by atoms with Crippen molar-refractivity contribution >= 4 is 33.8 Å². The Hall–Kier alpha value is -3.65. The Labute approximate surface area is 176 Å². The summed E-state index contributed by atoms with van der Waals surface area (Å²) in [7, 11) is 0. The van der Waals surface area contributed by atoms with Crippen molar-refractivity contribution in [3.05, 3.63) is 87.9 Å². The number of rotatable bonds is 5. The molecule has 4 aromatic heterocycles. The van der Waals surface area contributed by atoms with Crippen LogP contribution in [0.3, 0.4) is 0 Å². The number of hydrogen-bond acceptors (Lipinski definition) is 6. The van der Waals surface area contributed by atoms with E-state index in [0.717, 1.165) is 26.9 Å². The summed E-state index contributed by atoms with van der Waals surface area (Å²) in [6.07, 6.45) is 3.27. The first-order valence-electron chi connectivity index (χ1n) is 9.51. The molecule has 4 heterocycles. The predicted molar refractivity (Wildman–Crippen MR) is 115 cm³/mol. The van der Waals surface area contributed by atoms with Crippen LogP contribution in [0.1, 0.15) is 26.4 Å². The van der Waals surface area contributed by atoms with Gasteiger partial charge in [0.15, 0.2) is 5.65 Å². The van der Waals surface area contributed by atoms with Gasteiger partial charge in [0.1, 0.15) is 0 Å². The van der Waals surface area contributed by atoms with E-state index in [-0.39, 0.29) is 5.91 Å². The van der Waals surface area contributed by atoms with E-state index in [2.05, 4.69) is 39.6 Å². The van der Waals surface area contributed by atoms with Gasteiger partial charge in [-0.2, -0.15) is 4.52 Å². The topological polar surface area (TPSA) is 76.3 Å². The van der Waals surface area contributed by atoms with E-state index >= 15 is 0 Å². The molecule has 0 N–H and O–H groups in total. The quantitative estimate of drug-likeness (QED) is 0.436. The van der Waals surface area contributed by atoms with E-state index in [4.69, 9.17) is 0 Å². The molecule has 0 bridgehead atoms. The summed E-state index contributed by atoms with van der Waals surface area (Å²) in [5.41, 5.74) is 4.26. The highest BCUT2D eigenvalue weighted by Crippen LogP contribution is 2.23. The number of hydrogen-bond donors (Lipinski definition) is 0.